The van der Waals surface area contributed by atoms with Gasteiger partial charge in [-0.2, -0.15) is 0 Å². The fourth-order valence-electron chi connectivity index (χ4n) is 13.5. The van der Waals surface area contributed by atoms with Crippen LogP contribution >= 0.6 is 0 Å². The summed E-state index contributed by atoms with van der Waals surface area (Å²) in [5.74, 6) is -4.97. The first-order chi connectivity index (χ1) is 67.3. The first kappa shape index (κ1) is 107. The molecule has 0 fully saturated rings. The normalized spacial score (nSPS) is 10.2. The second-order valence-corrected chi connectivity index (χ2v) is 33.0. The van der Waals surface area contributed by atoms with E-state index in [1.165, 1.54) is 36.4 Å². The van der Waals surface area contributed by atoms with Crippen LogP contribution in [-0.2, 0) is 6.42 Å². The lowest BCUT2D eigenvalue weighted by molar-refractivity contribution is 0.0682. The van der Waals surface area contributed by atoms with Gasteiger partial charge in [-0.15, -0.1) is 0 Å². The Kier molecular flexibility index (Phi) is 38.1. The molecule has 15 aromatic rings. The zero-order chi connectivity index (χ0) is 104. The molecular weight excluding hydrogens is 1810 g/mol. The second-order valence-electron chi connectivity index (χ2n) is 33.0. The average Bonchev–Trinajstić information content (AvgIpc) is 0.811. The minimum atomic E-state index is -1.11. The van der Waals surface area contributed by atoms with E-state index in [0.29, 0.717) is 74.7 Å². The summed E-state index contributed by atoms with van der Waals surface area (Å²) in [6.07, 6.45) is 0.501. The summed E-state index contributed by atoms with van der Waals surface area (Å²) in [7, 11) is 0. The van der Waals surface area contributed by atoms with E-state index in [4.69, 9.17) is 58.7 Å². The highest BCUT2D eigenvalue weighted by Crippen LogP contribution is 2.40. The number of aryl methyl sites for hydroxylation is 14. The third-order valence-electron chi connectivity index (χ3n) is 21.0. The summed E-state index contributed by atoms with van der Waals surface area (Å²) in [5, 5.41) is 91.5. The van der Waals surface area contributed by atoms with Crippen molar-refractivity contribution in [3.05, 3.63) is 448 Å². The predicted octanol–water partition coefficient (Wildman–Crippen LogP) is 27.2. The Bertz CT molecular complexity index is 6840. The van der Waals surface area contributed by atoms with Gasteiger partial charge in [0, 0.05) is 12.1 Å². The van der Waals surface area contributed by atoms with E-state index < -0.39 is 59.7 Å². The number of aromatic carboxylic acids is 10. The maximum atomic E-state index is 11.5. The molecule has 0 atom stereocenters. The number of para-hydroxylation sites is 2. The number of rotatable bonds is 26. The molecule has 0 saturated carbocycles. The van der Waals surface area contributed by atoms with E-state index in [1.54, 1.807) is 205 Å². The number of hydrogen-bond acceptors (Lipinski definition) is 17. The molecule has 0 aliphatic heterocycles. The van der Waals surface area contributed by atoms with Crippen molar-refractivity contribution in [1.82, 2.24) is 0 Å². The van der Waals surface area contributed by atoms with Gasteiger partial charge in [-0.3, -0.25) is 0 Å². The highest BCUT2D eigenvalue weighted by molar-refractivity contribution is 5.96. The SMILES string of the molecule is Cc1cc(C)cc(C(=O)O)c1.Cc1ccc(C(=O)O)cc1C.Cc1ccc(Cc2ccc(C)c(C(=O)O)c2)cc1C(=O)O.Cc1ccc(Oc2cc(Oc3ccc(C)cc3)cc(C(=O)O)c2)cc1.Cc1ccc(Oc2ccc(C)cc2C(=O)O)cc1.Cc1ccc(Oc2cccc(Oc3ccc(C)cc3C(=O)O)c2)c(C(=O)O)c1.Cc1ccc(Oc2ccccc2Oc2ccc(C)cc2C(=O)O)c(C(=O)O)c1. The highest BCUT2D eigenvalue weighted by Gasteiger charge is 2.22. The molecule has 726 valence electrons. The number of ether oxygens (including phenoxy) is 7. The summed E-state index contributed by atoms with van der Waals surface area (Å²) in [6.45, 7) is 26.1. The van der Waals surface area contributed by atoms with Gasteiger partial charge in [0.25, 0.3) is 0 Å². The third-order valence-corrected chi connectivity index (χ3v) is 21.0. The van der Waals surface area contributed by atoms with E-state index in [-0.39, 0.29) is 79.0 Å². The van der Waals surface area contributed by atoms with Crippen LogP contribution in [-0.4, -0.2) is 111 Å². The smallest absolute Gasteiger partial charge is 0.339 e. The van der Waals surface area contributed by atoms with Gasteiger partial charge in [-0.1, -0.05) is 177 Å². The molecule has 0 spiro atoms. The topological polar surface area (TPSA) is 438 Å². The Morgan fingerprint density at radius 1 is 0.169 bits per heavy atom. The maximum Gasteiger partial charge on any atom is 0.339 e. The quantitative estimate of drug-likeness (QED) is 0.0241. The van der Waals surface area contributed by atoms with Crippen LogP contribution in [0.25, 0.3) is 0 Å². The molecule has 0 radical (unpaired) electrons. The number of benzene rings is 15. The molecule has 0 aliphatic rings. The second kappa shape index (κ2) is 50.4. The minimum Gasteiger partial charge on any atom is -0.478 e. The van der Waals surface area contributed by atoms with Crippen molar-refractivity contribution in [3.8, 4) is 80.5 Å². The molecule has 27 nitrogen and oxygen atoms in total. The fourth-order valence-corrected chi connectivity index (χ4v) is 13.5. The highest BCUT2D eigenvalue weighted by atomic mass is 16.5. The Labute approximate surface area is 819 Å². The van der Waals surface area contributed by atoms with Crippen molar-refractivity contribution in [1.29, 1.82) is 0 Å². The van der Waals surface area contributed by atoms with Gasteiger partial charge in [0.2, 0.25) is 0 Å². The van der Waals surface area contributed by atoms with Gasteiger partial charge in [0.05, 0.1) is 27.8 Å². The molecule has 0 amide bonds. The van der Waals surface area contributed by atoms with Crippen LogP contribution in [0.4, 0.5) is 0 Å². The number of carbonyl (C=O) groups is 10. The van der Waals surface area contributed by atoms with Gasteiger partial charge in [0.1, 0.15) is 96.8 Å². The molecule has 27 heteroatoms. The largest absolute Gasteiger partial charge is 0.478 e. The van der Waals surface area contributed by atoms with Crippen molar-refractivity contribution >= 4 is 59.7 Å². The minimum absolute atomic E-state index is 0.0244. The molecule has 0 aliphatic carbocycles. The summed E-state index contributed by atoms with van der Waals surface area (Å²) in [5.41, 5.74) is 16.4. The van der Waals surface area contributed by atoms with Gasteiger partial charge < -0.3 is 84.2 Å². The predicted molar refractivity (Wildman–Crippen MR) is 536 cm³/mol. The lowest BCUT2D eigenvalue weighted by atomic mass is 9.97. The Morgan fingerprint density at radius 2 is 0.444 bits per heavy atom. The molecule has 0 unspecified atom stereocenters. The van der Waals surface area contributed by atoms with Gasteiger partial charge in [-0.05, 0) is 307 Å². The number of hydrogen-bond donors (Lipinski definition) is 10. The van der Waals surface area contributed by atoms with Gasteiger partial charge in [-0.25, -0.2) is 47.9 Å². The monoisotopic (exact) mass is 1920 g/mol. The third kappa shape index (κ3) is 32.7. The summed E-state index contributed by atoms with van der Waals surface area (Å²) >= 11 is 0. The number of carboxylic acid groups (broad SMARTS) is 10. The average molecular weight is 1920 g/mol. The van der Waals surface area contributed by atoms with Crippen LogP contribution in [0.3, 0.4) is 0 Å². The van der Waals surface area contributed by atoms with Crippen LogP contribution in [0.15, 0.2) is 303 Å². The van der Waals surface area contributed by atoms with Crippen LogP contribution in [0.5, 0.6) is 80.5 Å². The maximum absolute atomic E-state index is 11.5. The van der Waals surface area contributed by atoms with Crippen LogP contribution in [0.2, 0.25) is 0 Å². The van der Waals surface area contributed by atoms with Crippen molar-refractivity contribution in [2.45, 2.75) is 103 Å². The molecule has 15 rings (SSSR count). The van der Waals surface area contributed by atoms with Crippen LogP contribution in [0, 0.1) is 96.9 Å². The first-order valence-electron chi connectivity index (χ1n) is 43.8. The van der Waals surface area contributed by atoms with Crippen molar-refractivity contribution < 1.29 is 132 Å². The fraction of sp³-hybridized carbons (Fsp3) is 0.130. The molecule has 10 N–H and O–H groups in total. The molecular formula is C115H104O27. The Balaban J connectivity index is 0.000000189. The van der Waals surface area contributed by atoms with Gasteiger partial charge >= 0.3 is 59.7 Å². The lowest BCUT2D eigenvalue weighted by Crippen LogP contribution is -2.03. The number of carboxylic acids is 10. The van der Waals surface area contributed by atoms with Gasteiger partial charge in [0.15, 0.2) is 11.5 Å². The zero-order valence-electron chi connectivity index (χ0n) is 80.0. The molecule has 0 saturated heterocycles. The standard InChI is InChI=1S/2C22H18O6.C21H18O4.C17H16O4.C15H14O3.2C9H10O2/c1-13-6-8-19(17(10-13)21(23)24)27-15-4-3-5-16(12-15)28-20-9-7-14(2)11-18(20)22(25)26;1-13-7-9-17(15(11-13)21(23)24)27-19-5-3-4-6-20(19)28-18-10-8-14(2)12-16(18)22(25)26;1-14-3-7-17(8-4-14)24-19-11-16(21(22)23)12-20(13-19)25-18-9-5-15(2)6-10-18;1-10-3-5-12(8-14(10)16(18)19)7-13-6-4-11(2)15(9-13)17(20)21;1-10-3-6-12(7-4-10)18-14-8-5-11(2)9-13(14)15(16)17;1-6-3-7(2)5-8(4-6)9(10)11;1-6-3-4-8(9(10)11)5-7(6)2/h2*3-12H,1-2H3,(H,23,24)(H,25,26);3-13H,1-2H3,(H,22,23);3-6,8-9H,7H2,1-2H3,(H,18,19)(H,20,21);3-9H,1-2H3,(H,16,17);2*3-5H,1-2H3,(H,10,11). The molecule has 0 bridgehead atoms. The first-order valence-corrected chi connectivity index (χ1v) is 43.8. The Morgan fingerprint density at radius 3 is 0.746 bits per heavy atom. The van der Waals surface area contributed by atoms with Crippen molar-refractivity contribution in [2.24, 2.45) is 0 Å². The lowest BCUT2D eigenvalue weighted by Gasteiger charge is -2.15. The molecule has 142 heavy (non-hydrogen) atoms. The van der Waals surface area contributed by atoms with Crippen molar-refractivity contribution in [2.75, 3.05) is 0 Å². The summed E-state index contributed by atoms with van der Waals surface area (Å²) in [4.78, 5) is 112. The van der Waals surface area contributed by atoms with Crippen molar-refractivity contribution in [3.63, 3.8) is 0 Å². The van der Waals surface area contributed by atoms with E-state index in [0.717, 1.165) is 77.9 Å². The molecule has 0 heterocycles. The summed E-state index contributed by atoms with van der Waals surface area (Å²) < 4.78 is 40.2. The van der Waals surface area contributed by atoms with E-state index in [9.17, 15) is 73.5 Å². The van der Waals surface area contributed by atoms with E-state index >= 15 is 0 Å². The van der Waals surface area contributed by atoms with Crippen LogP contribution < -0.4 is 33.2 Å². The van der Waals surface area contributed by atoms with E-state index in [2.05, 4.69) is 0 Å². The molecule has 0 aromatic heterocycles. The Hall–Kier alpha value is -18.4. The van der Waals surface area contributed by atoms with E-state index in [1.807, 2.05) is 159 Å². The van der Waals surface area contributed by atoms with Crippen LogP contribution in [0.1, 0.15) is 193 Å². The zero-order valence-corrected chi connectivity index (χ0v) is 80.0. The summed E-state index contributed by atoms with van der Waals surface area (Å²) in [6, 6.07) is 85.9. The molecule has 15 aromatic carbocycles.